The number of hydrogen-bond donors (Lipinski definition) is 1. The first-order valence-corrected chi connectivity index (χ1v) is 10.2. The smallest absolute Gasteiger partial charge is 0.307 e. The summed E-state index contributed by atoms with van der Waals surface area (Å²) in [6.45, 7) is 1.16. The van der Waals surface area contributed by atoms with E-state index in [4.69, 9.17) is 17.0 Å². The van der Waals surface area contributed by atoms with Crippen LogP contribution in [-0.2, 0) is 16.1 Å². The molecule has 0 spiro atoms. The third-order valence-electron chi connectivity index (χ3n) is 5.23. The van der Waals surface area contributed by atoms with Crippen molar-refractivity contribution >= 4 is 23.3 Å². The van der Waals surface area contributed by atoms with Crippen molar-refractivity contribution in [1.82, 2.24) is 24.8 Å². The van der Waals surface area contributed by atoms with Gasteiger partial charge in [-0.25, -0.2) is 0 Å². The highest BCUT2D eigenvalue weighted by Gasteiger charge is 2.41. The van der Waals surface area contributed by atoms with Crippen LogP contribution in [0.15, 0.2) is 67.3 Å². The number of nitrogens with zero attached hydrogens (tertiary/aromatic N) is 4. The van der Waals surface area contributed by atoms with E-state index < -0.39 is 0 Å². The summed E-state index contributed by atoms with van der Waals surface area (Å²) >= 11 is 5.65. The van der Waals surface area contributed by atoms with Crippen LogP contribution in [0.5, 0.6) is 0 Å². The predicted octanol–water partition coefficient (Wildman–Crippen LogP) is 2.86. The lowest BCUT2D eigenvalue weighted by atomic mass is 10.0. The lowest BCUT2D eigenvalue weighted by Gasteiger charge is -2.28. The van der Waals surface area contributed by atoms with Crippen molar-refractivity contribution in [2.45, 2.75) is 25.0 Å². The largest absolute Gasteiger partial charge is 0.469 e. The number of nitrogens with one attached hydrogen (secondary N) is 1. The maximum Gasteiger partial charge on any atom is 0.307 e. The minimum Gasteiger partial charge on any atom is -0.469 e. The molecule has 1 fully saturated rings. The summed E-state index contributed by atoms with van der Waals surface area (Å²) in [6, 6.07) is 13.7. The van der Waals surface area contributed by atoms with Crippen LogP contribution in [0, 0.1) is 0 Å². The van der Waals surface area contributed by atoms with E-state index in [9.17, 15) is 4.79 Å². The van der Waals surface area contributed by atoms with Crippen molar-refractivity contribution in [2.24, 2.45) is 0 Å². The first-order valence-electron chi connectivity index (χ1n) is 9.76. The number of methoxy groups -OCH3 is 1. The van der Waals surface area contributed by atoms with Crippen molar-refractivity contribution in [3.8, 4) is 0 Å². The Morgan fingerprint density at radius 3 is 2.83 bits per heavy atom. The summed E-state index contributed by atoms with van der Waals surface area (Å²) in [5, 5.41) is 4.01. The lowest BCUT2D eigenvalue weighted by Crippen LogP contribution is -2.32. The van der Waals surface area contributed by atoms with E-state index in [2.05, 4.69) is 43.1 Å². The molecule has 0 aromatic carbocycles. The van der Waals surface area contributed by atoms with E-state index in [0.29, 0.717) is 18.2 Å². The molecular formula is C22H23N5O2S. The van der Waals surface area contributed by atoms with Crippen LogP contribution in [0.25, 0.3) is 0 Å². The molecule has 7 nitrogen and oxygen atoms in total. The summed E-state index contributed by atoms with van der Waals surface area (Å²) in [7, 11) is 1.40. The molecule has 0 radical (unpaired) electrons. The first kappa shape index (κ1) is 20.0. The third-order valence-corrected chi connectivity index (χ3v) is 5.58. The van der Waals surface area contributed by atoms with E-state index in [1.54, 1.807) is 12.4 Å². The Hall–Kier alpha value is -3.26. The minimum absolute atomic E-state index is 0.108. The molecule has 8 heteroatoms. The lowest BCUT2D eigenvalue weighted by molar-refractivity contribution is -0.140. The Labute approximate surface area is 180 Å². The van der Waals surface area contributed by atoms with Crippen LogP contribution in [-0.4, -0.2) is 44.2 Å². The second kappa shape index (κ2) is 9.04. The summed E-state index contributed by atoms with van der Waals surface area (Å²) in [5.41, 5.74) is 3.10. The number of aromatic nitrogens is 3. The highest BCUT2D eigenvalue weighted by atomic mass is 32.1. The second-order valence-electron chi connectivity index (χ2n) is 7.07. The Morgan fingerprint density at radius 1 is 1.20 bits per heavy atom. The molecule has 4 rings (SSSR count). The zero-order valence-electron chi connectivity index (χ0n) is 16.6. The Kier molecular flexibility index (Phi) is 6.04. The first-order chi connectivity index (χ1) is 14.7. The fraction of sp³-hybridized carbons (Fsp3) is 0.273. The van der Waals surface area contributed by atoms with E-state index in [-0.39, 0.29) is 24.5 Å². The number of carbonyl (C=O) groups excluding carboxylic acids is 1. The quantitative estimate of drug-likeness (QED) is 0.465. The van der Waals surface area contributed by atoms with Gasteiger partial charge in [0.25, 0.3) is 0 Å². The zero-order valence-corrected chi connectivity index (χ0v) is 17.5. The second-order valence-corrected chi connectivity index (χ2v) is 7.46. The molecule has 0 saturated carbocycles. The summed E-state index contributed by atoms with van der Waals surface area (Å²) in [5.74, 6) is -0.261. The van der Waals surface area contributed by atoms with Crippen molar-refractivity contribution < 1.29 is 9.53 Å². The molecule has 0 aliphatic carbocycles. The highest BCUT2D eigenvalue weighted by Crippen LogP contribution is 2.38. The number of ether oxygens (including phenoxy) is 1. The van der Waals surface area contributed by atoms with Crippen LogP contribution in [0.2, 0.25) is 0 Å². The van der Waals surface area contributed by atoms with Gasteiger partial charge in [-0.2, -0.15) is 0 Å². The van der Waals surface area contributed by atoms with Crippen LogP contribution in [0.4, 0.5) is 0 Å². The molecule has 0 unspecified atom stereocenters. The van der Waals surface area contributed by atoms with Gasteiger partial charge in [-0.05, 0) is 48.1 Å². The maximum absolute atomic E-state index is 11.8. The Bertz CT molecular complexity index is 1010. The number of pyridine rings is 2. The molecule has 1 aliphatic rings. The van der Waals surface area contributed by atoms with Gasteiger partial charge in [-0.15, -0.1) is 0 Å². The van der Waals surface area contributed by atoms with E-state index in [1.807, 2.05) is 36.5 Å². The molecule has 0 bridgehead atoms. The number of hydrogen-bond acceptors (Lipinski definition) is 5. The number of thiocarbonyl (C=S) groups is 1. The average Bonchev–Trinajstić information content (AvgIpc) is 3.36. The molecule has 3 aromatic heterocycles. The van der Waals surface area contributed by atoms with Gasteiger partial charge in [0.05, 0.1) is 31.3 Å². The third kappa shape index (κ3) is 4.18. The van der Waals surface area contributed by atoms with Gasteiger partial charge in [-0.3, -0.25) is 14.8 Å². The van der Waals surface area contributed by atoms with Crippen molar-refractivity contribution in [2.75, 3.05) is 13.7 Å². The summed E-state index contributed by atoms with van der Waals surface area (Å²) in [6.07, 6.45) is 7.73. The number of carbonyl (C=O) groups is 1. The molecule has 4 heterocycles. The van der Waals surface area contributed by atoms with Gasteiger partial charge in [0.2, 0.25) is 0 Å². The molecule has 1 N–H and O–H groups in total. The minimum atomic E-state index is -0.261. The van der Waals surface area contributed by atoms with Gasteiger partial charge < -0.3 is 19.5 Å². The molecule has 0 amide bonds. The highest BCUT2D eigenvalue weighted by molar-refractivity contribution is 7.80. The van der Waals surface area contributed by atoms with Crippen LogP contribution >= 0.6 is 12.2 Å². The van der Waals surface area contributed by atoms with Gasteiger partial charge in [0.15, 0.2) is 5.11 Å². The monoisotopic (exact) mass is 421 g/mol. The predicted molar refractivity (Wildman–Crippen MR) is 117 cm³/mol. The Morgan fingerprint density at radius 2 is 2.10 bits per heavy atom. The van der Waals surface area contributed by atoms with E-state index >= 15 is 0 Å². The van der Waals surface area contributed by atoms with Gasteiger partial charge in [0, 0.05) is 43.6 Å². The molecule has 2 atom stereocenters. The van der Waals surface area contributed by atoms with Crippen molar-refractivity contribution in [3.63, 3.8) is 0 Å². The summed E-state index contributed by atoms with van der Waals surface area (Å²) < 4.78 is 7.02. The topological polar surface area (TPSA) is 72.3 Å². The standard InChI is InChI=1S/C22H23N5O2S/c1-29-19(28)9-13-27-21(20(25-22(27)30)17-7-2-3-11-24-17)18-8-5-12-26(18)15-16-6-4-10-23-14-16/h2-8,10-12,14,20-21H,9,13,15H2,1H3,(H,25,30)/t20-,21-/m1/s1. The van der Waals surface area contributed by atoms with Gasteiger partial charge in [0.1, 0.15) is 0 Å². The molecule has 154 valence electrons. The van der Waals surface area contributed by atoms with Crippen LogP contribution in [0.1, 0.15) is 35.5 Å². The molecule has 30 heavy (non-hydrogen) atoms. The maximum atomic E-state index is 11.8. The number of rotatable bonds is 7. The SMILES string of the molecule is COC(=O)CCN1C(=S)N[C@H](c2ccccn2)[C@H]1c1cccn1Cc1cccnc1. The molecule has 1 saturated heterocycles. The molecule has 3 aromatic rings. The molecule has 1 aliphatic heterocycles. The van der Waals surface area contributed by atoms with Gasteiger partial charge >= 0.3 is 5.97 Å². The van der Waals surface area contributed by atoms with Crippen molar-refractivity contribution in [1.29, 1.82) is 0 Å². The summed E-state index contributed by atoms with van der Waals surface area (Å²) in [4.78, 5) is 22.6. The fourth-order valence-electron chi connectivity index (χ4n) is 3.81. The Balaban J connectivity index is 1.69. The fourth-order valence-corrected chi connectivity index (χ4v) is 4.14. The van der Waals surface area contributed by atoms with Crippen LogP contribution in [0.3, 0.4) is 0 Å². The van der Waals surface area contributed by atoms with E-state index in [0.717, 1.165) is 17.0 Å². The zero-order chi connectivity index (χ0) is 20.9. The van der Waals surface area contributed by atoms with Crippen molar-refractivity contribution in [3.05, 3.63) is 84.2 Å². The normalized spacial score (nSPS) is 18.3. The molecular weight excluding hydrogens is 398 g/mol. The van der Waals surface area contributed by atoms with E-state index in [1.165, 1.54) is 7.11 Å². The van der Waals surface area contributed by atoms with Gasteiger partial charge in [-0.1, -0.05) is 12.1 Å². The van der Waals surface area contributed by atoms with Crippen LogP contribution < -0.4 is 5.32 Å². The average molecular weight is 422 g/mol. The number of esters is 1.